The molecule has 3 nitrogen and oxygen atoms in total. The minimum atomic E-state index is -0.400. The zero-order valence-corrected chi connectivity index (χ0v) is 9.76. The SMILES string of the molecule is CC1CC(NC(=O)OC(C)(C)C)C1C. The first-order valence-electron chi connectivity index (χ1n) is 5.29. The third kappa shape index (κ3) is 2.89. The Hall–Kier alpha value is -0.730. The highest BCUT2D eigenvalue weighted by Crippen LogP contribution is 2.33. The Morgan fingerprint density at radius 1 is 1.36 bits per heavy atom. The Labute approximate surface area is 86.2 Å². The largest absolute Gasteiger partial charge is 0.444 e. The van der Waals surface area contributed by atoms with Crippen LogP contribution in [0.1, 0.15) is 41.0 Å². The smallest absolute Gasteiger partial charge is 0.407 e. The van der Waals surface area contributed by atoms with Gasteiger partial charge in [0.1, 0.15) is 5.60 Å². The maximum Gasteiger partial charge on any atom is 0.407 e. The van der Waals surface area contributed by atoms with Crippen molar-refractivity contribution in [2.24, 2.45) is 11.8 Å². The summed E-state index contributed by atoms with van der Waals surface area (Å²) in [6.45, 7) is 9.99. The van der Waals surface area contributed by atoms with Gasteiger partial charge in [-0.25, -0.2) is 4.79 Å². The van der Waals surface area contributed by atoms with Crippen molar-refractivity contribution >= 4 is 6.09 Å². The van der Waals surface area contributed by atoms with E-state index >= 15 is 0 Å². The molecular weight excluding hydrogens is 178 g/mol. The van der Waals surface area contributed by atoms with Crippen LogP contribution in [-0.4, -0.2) is 17.7 Å². The van der Waals surface area contributed by atoms with Gasteiger partial charge in [0.2, 0.25) is 0 Å². The number of nitrogens with one attached hydrogen (secondary N) is 1. The number of alkyl carbamates (subject to hydrolysis) is 1. The fraction of sp³-hybridized carbons (Fsp3) is 0.909. The molecule has 0 aromatic rings. The Kier molecular flexibility index (Phi) is 3.07. The van der Waals surface area contributed by atoms with Crippen LogP contribution in [0.15, 0.2) is 0 Å². The number of hydrogen-bond acceptors (Lipinski definition) is 2. The molecule has 0 saturated heterocycles. The van der Waals surface area contributed by atoms with Crippen molar-refractivity contribution in [3.05, 3.63) is 0 Å². The van der Waals surface area contributed by atoms with Gasteiger partial charge in [0, 0.05) is 6.04 Å². The number of hydrogen-bond donors (Lipinski definition) is 1. The van der Waals surface area contributed by atoms with Crippen molar-refractivity contribution < 1.29 is 9.53 Å². The standard InChI is InChI=1S/C11H21NO2/c1-7-6-9(8(7)2)12-10(13)14-11(3,4)5/h7-9H,6H2,1-5H3,(H,12,13). The molecule has 0 bridgehead atoms. The molecule has 3 heteroatoms. The fourth-order valence-electron chi connectivity index (χ4n) is 1.68. The molecule has 0 radical (unpaired) electrons. The van der Waals surface area contributed by atoms with E-state index < -0.39 is 5.60 Å². The quantitative estimate of drug-likeness (QED) is 0.704. The van der Waals surface area contributed by atoms with Gasteiger partial charge in [0.15, 0.2) is 0 Å². The molecule has 1 N–H and O–H groups in total. The van der Waals surface area contributed by atoms with Gasteiger partial charge >= 0.3 is 6.09 Å². The monoisotopic (exact) mass is 199 g/mol. The number of carbonyl (C=O) groups is 1. The Morgan fingerprint density at radius 3 is 2.29 bits per heavy atom. The molecule has 1 aliphatic carbocycles. The van der Waals surface area contributed by atoms with Crippen molar-refractivity contribution in [1.82, 2.24) is 5.32 Å². The summed E-state index contributed by atoms with van der Waals surface area (Å²) in [5.41, 5.74) is -0.400. The number of rotatable bonds is 1. The lowest BCUT2D eigenvalue weighted by Gasteiger charge is -2.41. The van der Waals surface area contributed by atoms with Crippen LogP contribution < -0.4 is 5.32 Å². The van der Waals surface area contributed by atoms with E-state index in [1.54, 1.807) is 0 Å². The normalized spacial score (nSPS) is 31.9. The van der Waals surface area contributed by atoms with Gasteiger partial charge in [-0.2, -0.15) is 0 Å². The molecule has 0 aromatic carbocycles. The van der Waals surface area contributed by atoms with Crippen LogP contribution in [0.2, 0.25) is 0 Å². The molecule has 1 fully saturated rings. The van der Waals surface area contributed by atoms with Crippen LogP contribution >= 0.6 is 0 Å². The summed E-state index contributed by atoms with van der Waals surface area (Å²) in [5, 5.41) is 2.89. The summed E-state index contributed by atoms with van der Waals surface area (Å²) in [4.78, 5) is 11.4. The summed E-state index contributed by atoms with van der Waals surface area (Å²) in [5.74, 6) is 1.29. The van der Waals surface area contributed by atoms with Crippen molar-refractivity contribution in [2.75, 3.05) is 0 Å². The molecule has 14 heavy (non-hydrogen) atoms. The molecule has 0 spiro atoms. The van der Waals surface area contributed by atoms with Gasteiger partial charge in [-0.15, -0.1) is 0 Å². The Morgan fingerprint density at radius 2 is 1.93 bits per heavy atom. The Balaban J connectivity index is 2.29. The fourth-order valence-corrected chi connectivity index (χ4v) is 1.68. The third-order valence-corrected chi connectivity index (χ3v) is 2.86. The summed E-state index contributed by atoms with van der Waals surface area (Å²) < 4.78 is 5.18. The molecule has 1 aliphatic rings. The van der Waals surface area contributed by atoms with Crippen LogP contribution in [0, 0.1) is 11.8 Å². The maximum atomic E-state index is 11.4. The van der Waals surface area contributed by atoms with E-state index in [1.807, 2.05) is 20.8 Å². The average Bonchev–Trinajstić information content (AvgIpc) is 2.00. The molecule has 1 saturated carbocycles. The van der Waals surface area contributed by atoms with Crippen molar-refractivity contribution in [2.45, 2.75) is 52.7 Å². The summed E-state index contributed by atoms with van der Waals surface area (Å²) >= 11 is 0. The lowest BCUT2D eigenvalue weighted by atomic mass is 9.71. The lowest BCUT2D eigenvalue weighted by molar-refractivity contribution is 0.0385. The molecule has 82 valence electrons. The highest BCUT2D eigenvalue weighted by molar-refractivity contribution is 5.68. The van der Waals surface area contributed by atoms with E-state index in [1.165, 1.54) is 0 Å². The lowest BCUT2D eigenvalue weighted by Crippen LogP contribution is -2.51. The van der Waals surface area contributed by atoms with Crippen molar-refractivity contribution in [3.8, 4) is 0 Å². The van der Waals surface area contributed by atoms with Crippen LogP contribution in [0.5, 0.6) is 0 Å². The van der Waals surface area contributed by atoms with E-state index in [9.17, 15) is 4.79 Å². The van der Waals surface area contributed by atoms with Gasteiger partial charge in [-0.1, -0.05) is 13.8 Å². The molecule has 1 amide bonds. The molecule has 0 aromatic heterocycles. The highest BCUT2D eigenvalue weighted by atomic mass is 16.6. The zero-order valence-electron chi connectivity index (χ0n) is 9.76. The van der Waals surface area contributed by atoms with E-state index in [0.717, 1.165) is 12.3 Å². The van der Waals surface area contributed by atoms with E-state index in [2.05, 4.69) is 19.2 Å². The maximum absolute atomic E-state index is 11.4. The number of ether oxygens (including phenoxy) is 1. The van der Waals surface area contributed by atoms with Gasteiger partial charge in [-0.3, -0.25) is 0 Å². The summed E-state index contributed by atoms with van der Waals surface area (Å²) in [6.07, 6.45) is 0.779. The van der Waals surface area contributed by atoms with Gasteiger partial charge in [0.05, 0.1) is 0 Å². The number of carbonyl (C=O) groups excluding carboxylic acids is 1. The van der Waals surface area contributed by atoms with Crippen LogP contribution in [0.4, 0.5) is 4.79 Å². The minimum absolute atomic E-state index is 0.291. The van der Waals surface area contributed by atoms with Gasteiger partial charge < -0.3 is 10.1 Å². The van der Waals surface area contributed by atoms with E-state index in [-0.39, 0.29) is 6.09 Å². The van der Waals surface area contributed by atoms with Crippen LogP contribution in [0.25, 0.3) is 0 Å². The van der Waals surface area contributed by atoms with Crippen molar-refractivity contribution in [3.63, 3.8) is 0 Å². The number of amides is 1. The third-order valence-electron chi connectivity index (χ3n) is 2.86. The second kappa shape index (κ2) is 3.79. The second-order valence-corrected chi connectivity index (χ2v) is 5.32. The molecule has 3 unspecified atom stereocenters. The molecule has 0 aliphatic heterocycles. The predicted octanol–water partition coefficient (Wildman–Crippen LogP) is 2.56. The molecule has 1 rings (SSSR count). The first-order chi connectivity index (χ1) is 6.29. The second-order valence-electron chi connectivity index (χ2n) is 5.32. The zero-order chi connectivity index (χ0) is 10.9. The summed E-state index contributed by atoms with van der Waals surface area (Å²) in [7, 11) is 0. The summed E-state index contributed by atoms with van der Waals surface area (Å²) in [6, 6.07) is 0.305. The first kappa shape index (κ1) is 11.3. The van der Waals surface area contributed by atoms with Crippen molar-refractivity contribution in [1.29, 1.82) is 0 Å². The van der Waals surface area contributed by atoms with Gasteiger partial charge in [-0.05, 0) is 39.0 Å². The Bertz CT molecular complexity index is 220. The molecular formula is C11H21NO2. The van der Waals surface area contributed by atoms with Crippen LogP contribution in [-0.2, 0) is 4.74 Å². The van der Waals surface area contributed by atoms with E-state index in [0.29, 0.717) is 12.0 Å². The predicted molar refractivity (Wildman–Crippen MR) is 56.1 cm³/mol. The minimum Gasteiger partial charge on any atom is -0.444 e. The topological polar surface area (TPSA) is 38.3 Å². The average molecular weight is 199 g/mol. The van der Waals surface area contributed by atoms with E-state index in [4.69, 9.17) is 4.74 Å². The van der Waals surface area contributed by atoms with Crippen LogP contribution in [0.3, 0.4) is 0 Å². The molecule has 3 atom stereocenters. The highest BCUT2D eigenvalue weighted by Gasteiger charge is 2.36. The molecule has 0 heterocycles. The first-order valence-corrected chi connectivity index (χ1v) is 5.29. The van der Waals surface area contributed by atoms with Gasteiger partial charge in [0.25, 0.3) is 0 Å².